The molecule has 1 atom stereocenters. The average molecular weight is 230 g/mol. The molecular weight excluding hydrogens is 216 g/mol. The van der Waals surface area contributed by atoms with Crippen molar-refractivity contribution in [1.29, 1.82) is 0 Å². The first kappa shape index (κ1) is 12.5. The molecule has 2 fully saturated rings. The highest BCUT2D eigenvalue weighted by molar-refractivity contribution is 5.81. The molecule has 0 saturated carbocycles. The van der Waals surface area contributed by atoms with E-state index in [1.165, 1.54) is 0 Å². The summed E-state index contributed by atoms with van der Waals surface area (Å²) in [6.45, 7) is 0.674. The van der Waals surface area contributed by atoms with Crippen LogP contribution in [0.25, 0.3) is 0 Å². The number of carbonyl (C=O) groups excluding carboxylic acids is 2. The Morgan fingerprint density at radius 3 is 2.19 bits per heavy atom. The summed E-state index contributed by atoms with van der Waals surface area (Å²) in [4.78, 5) is 30.6. The molecule has 2 aliphatic rings. The molecule has 0 amide bonds. The highest BCUT2D eigenvalue weighted by Crippen LogP contribution is 2.12. The van der Waals surface area contributed by atoms with E-state index < -0.39 is 17.9 Å². The highest BCUT2D eigenvalue weighted by atomic mass is 16.5. The maximum absolute atomic E-state index is 10.3. The molecular formula is C10H14O6. The number of carboxylic acids is 1. The minimum atomic E-state index is -0.958. The van der Waals surface area contributed by atoms with Crippen molar-refractivity contribution < 1.29 is 29.0 Å². The van der Waals surface area contributed by atoms with Crippen LogP contribution in [0.5, 0.6) is 0 Å². The Kier molecular flexibility index (Phi) is 4.75. The van der Waals surface area contributed by atoms with E-state index in [2.05, 4.69) is 9.47 Å². The van der Waals surface area contributed by atoms with Gasteiger partial charge in [-0.15, -0.1) is 0 Å². The fraction of sp³-hybridized carbons (Fsp3) is 0.700. The van der Waals surface area contributed by atoms with E-state index in [1.807, 2.05) is 0 Å². The molecule has 6 nitrogen and oxygen atoms in total. The van der Waals surface area contributed by atoms with Gasteiger partial charge < -0.3 is 14.6 Å². The van der Waals surface area contributed by atoms with Gasteiger partial charge in [0.1, 0.15) is 12.5 Å². The first-order valence-corrected chi connectivity index (χ1v) is 5.13. The van der Waals surface area contributed by atoms with Gasteiger partial charge in [-0.05, 0) is 12.8 Å². The lowest BCUT2D eigenvalue weighted by molar-refractivity contribution is -0.146. The number of ether oxygens (including phenoxy) is 2. The molecule has 2 heterocycles. The quantitative estimate of drug-likeness (QED) is 0.653. The Morgan fingerprint density at radius 2 is 1.94 bits per heavy atom. The third-order valence-electron chi connectivity index (χ3n) is 2.25. The van der Waals surface area contributed by atoms with E-state index in [0.717, 1.165) is 12.8 Å². The van der Waals surface area contributed by atoms with Crippen LogP contribution in [-0.4, -0.2) is 36.2 Å². The van der Waals surface area contributed by atoms with Gasteiger partial charge in [-0.1, -0.05) is 0 Å². The van der Waals surface area contributed by atoms with Crippen molar-refractivity contribution in [2.45, 2.75) is 25.7 Å². The van der Waals surface area contributed by atoms with E-state index in [0.29, 0.717) is 13.0 Å². The van der Waals surface area contributed by atoms with E-state index in [-0.39, 0.29) is 19.0 Å². The Balaban J connectivity index is 0.000000165. The summed E-state index contributed by atoms with van der Waals surface area (Å²) in [5, 5.41) is 8.30. The van der Waals surface area contributed by atoms with E-state index >= 15 is 0 Å². The van der Waals surface area contributed by atoms with Crippen molar-refractivity contribution in [1.82, 2.24) is 0 Å². The zero-order chi connectivity index (χ0) is 12.0. The predicted octanol–water partition coefficient (Wildman–Crippen LogP) is 0.348. The maximum atomic E-state index is 10.3. The van der Waals surface area contributed by atoms with Crippen LogP contribution in [0.2, 0.25) is 0 Å². The second-order valence-electron chi connectivity index (χ2n) is 3.60. The molecule has 0 radical (unpaired) electrons. The van der Waals surface area contributed by atoms with Gasteiger partial charge in [0.15, 0.2) is 0 Å². The number of carboxylic acid groups (broad SMARTS) is 1. The van der Waals surface area contributed by atoms with Crippen LogP contribution in [0.1, 0.15) is 25.7 Å². The zero-order valence-electron chi connectivity index (χ0n) is 8.81. The van der Waals surface area contributed by atoms with Crippen LogP contribution in [0, 0.1) is 5.92 Å². The van der Waals surface area contributed by atoms with Crippen LogP contribution in [0.15, 0.2) is 0 Å². The molecule has 0 bridgehead atoms. The van der Waals surface area contributed by atoms with Gasteiger partial charge in [-0.25, -0.2) is 0 Å². The van der Waals surface area contributed by atoms with Gasteiger partial charge in [0.25, 0.3) is 0 Å². The van der Waals surface area contributed by atoms with Gasteiger partial charge in [-0.3, -0.25) is 14.4 Å². The lowest BCUT2D eigenvalue weighted by atomic mass is 10.1. The topological polar surface area (TPSA) is 89.9 Å². The van der Waals surface area contributed by atoms with Crippen molar-refractivity contribution in [3.05, 3.63) is 0 Å². The van der Waals surface area contributed by atoms with Crippen molar-refractivity contribution in [2.24, 2.45) is 5.92 Å². The SMILES string of the molecule is O=C1CC(C(=O)O)CO1.O=C1CCCCO1. The lowest BCUT2D eigenvalue weighted by Gasteiger charge is -2.08. The highest BCUT2D eigenvalue weighted by Gasteiger charge is 2.29. The fourth-order valence-electron chi connectivity index (χ4n) is 1.30. The molecule has 2 aliphatic heterocycles. The number of carbonyl (C=O) groups is 3. The van der Waals surface area contributed by atoms with E-state index in [9.17, 15) is 14.4 Å². The van der Waals surface area contributed by atoms with Gasteiger partial charge >= 0.3 is 17.9 Å². The Labute approximate surface area is 92.5 Å². The number of esters is 2. The van der Waals surface area contributed by atoms with Gasteiger partial charge in [0, 0.05) is 6.42 Å². The molecule has 90 valence electrons. The number of cyclic esters (lactones) is 2. The number of aliphatic carboxylic acids is 1. The Bertz CT molecular complexity index is 277. The summed E-state index contributed by atoms with van der Waals surface area (Å²) in [6.07, 6.45) is 2.71. The van der Waals surface area contributed by atoms with Crippen LogP contribution in [0.4, 0.5) is 0 Å². The molecule has 0 aromatic rings. The lowest BCUT2D eigenvalue weighted by Crippen LogP contribution is -2.12. The van der Waals surface area contributed by atoms with Crippen molar-refractivity contribution in [2.75, 3.05) is 13.2 Å². The summed E-state index contributed by atoms with van der Waals surface area (Å²) in [5.41, 5.74) is 0. The molecule has 0 spiro atoms. The second kappa shape index (κ2) is 6.09. The Morgan fingerprint density at radius 1 is 1.19 bits per heavy atom. The first-order valence-electron chi connectivity index (χ1n) is 5.13. The molecule has 1 N–H and O–H groups in total. The summed E-state index contributed by atoms with van der Waals surface area (Å²) in [6, 6.07) is 0. The van der Waals surface area contributed by atoms with Gasteiger partial charge in [-0.2, -0.15) is 0 Å². The fourth-order valence-corrected chi connectivity index (χ4v) is 1.30. The van der Waals surface area contributed by atoms with E-state index in [1.54, 1.807) is 0 Å². The smallest absolute Gasteiger partial charge is 0.310 e. The van der Waals surface area contributed by atoms with Crippen LogP contribution in [0.3, 0.4) is 0 Å². The molecule has 0 aliphatic carbocycles. The van der Waals surface area contributed by atoms with Crippen LogP contribution in [-0.2, 0) is 23.9 Å². The summed E-state index contributed by atoms with van der Waals surface area (Å²) >= 11 is 0. The number of hydrogen-bond donors (Lipinski definition) is 1. The molecule has 16 heavy (non-hydrogen) atoms. The van der Waals surface area contributed by atoms with E-state index in [4.69, 9.17) is 5.11 Å². The largest absolute Gasteiger partial charge is 0.481 e. The second-order valence-corrected chi connectivity index (χ2v) is 3.60. The summed E-state index contributed by atoms with van der Waals surface area (Å²) in [5.74, 6) is -2.02. The summed E-state index contributed by atoms with van der Waals surface area (Å²) in [7, 11) is 0. The number of rotatable bonds is 1. The normalized spacial score (nSPS) is 23.9. The standard InChI is InChI=1S/C5H6O4.C5H8O2/c6-4-1-3(2-9-4)5(7)8;6-5-3-1-2-4-7-5/h3H,1-2H2,(H,7,8);1-4H2. The first-order chi connectivity index (χ1) is 7.59. The van der Waals surface area contributed by atoms with Crippen molar-refractivity contribution in [3.63, 3.8) is 0 Å². The molecule has 2 saturated heterocycles. The molecule has 1 unspecified atom stereocenters. The molecule has 6 heteroatoms. The van der Waals surface area contributed by atoms with Crippen molar-refractivity contribution >= 4 is 17.9 Å². The third kappa shape index (κ3) is 4.29. The zero-order valence-corrected chi connectivity index (χ0v) is 8.81. The van der Waals surface area contributed by atoms with Gasteiger partial charge in [0.05, 0.1) is 13.0 Å². The van der Waals surface area contributed by atoms with Crippen LogP contribution >= 0.6 is 0 Å². The van der Waals surface area contributed by atoms with Gasteiger partial charge in [0.2, 0.25) is 0 Å². The minimum absolute atomic E-state index is 0.0231. The maximum Gasteiger partial charge on any atom is 0.310 e. The summed E-state index contributed by atoms with van der Waals surface area (Å²) < 4.78 is 9.05. The predicted molar refractivity (Wildman–Crippen MR) is 51.5 cm³/mol. The van der Waals surface area contributed by atoms with Crippen LogP contribution < -0.4 is 0 Å². The monoisotopic (exact) mass is 230 g/mol. The Hall–Kier alpha value is -1.59. The number of hydrogen-bond acceptors (Lipinski definition) is 5. The average Bonchev–Trinajstić information content (AvgIpc) is 2.67. The molecule has 0 aromatic heterocycles. The molecule has 2 rings (SSSR count). The minimum Gasteiger partial charge on any atom is -0.481 e. The molecule has 0 aromatic carbocycles. The third-order valence-corrected chi connectivity index (χ3v) is 2.25. The van der Waals surface area contributed by atoms with Crippen molar-refractivity contribution in [3.8, 4) is 0 Å².